The smallest absolute Gasteiger partial charge is 0.261 e. The van der Waals surface area contributed by atoms with Crippen molar-refractivity contribution in [2.24, 2.45) is 5.92 Å². The number of hydrogen-bond acceptors (Lipinski definition) is 3. The Bertz CT molecular complexity index is 480. The first kappa shape index (κ1) is 13.6. The fraction of sp³-hybridized carbons (Fsp3) is 0.600. The van der Waals surface area contributed by atoms with Crippen molar-refractivity contribution < 1.29 is 9.59 Å². The number of amides is 2. The predicted octanol–water partition coefficient (Wildman–Crippen LogP) is 2.27. The molecule has 0 spiro atoms. The van der Waals surface area contributed by atoms with E-state index >= 15 is 0 Å². The lowest BCUT2D eigenvalue weighted by Gasteiger charge is -2.20. The summed E-state index contributed by atoms with van der Waals surface area (Å²) in [7, 11) is 0. The first-order valence-electron chi connectivity index (χ1n) is 7.37. The largest absolute Gasteiger partial charge is 0.347 e. The molecule has 1 unspecified atom stereocenters. The summed E-state index contributed by atoms with van der Waals surface area (Å²) in [5.74, 6) is 0.525. The van der Waals surface area contributed by atoms with E-state index < -0.39 is 0 Å². The monoisotopic (exact) mass is 292 g/mol. The van der Waals surface area contributed by atoms with E-state index in [1.54, 1.807) is 0 Å². The van der Waals surface area contributed by atoms with Gasteiger partial charge in [0.05, 0.1) is 4.88 Å². The summed E-state index contributed by atoms with van der Waals surface area (Å²) in [5.41, 5.74) is 0. The van der Waals surface area contributed by atoms with Crippen LogP contribution < -0.4 is 5.32 Å². The van der Waals surface area contributed by atoms with Crippen molar-refractivity contribution in [1.82, 2.24) is 10.2 Å². The molecule has 0 bridgehead atoms. The molecule has 2 aliphatic rings. The van der Waals surface area contributed by atoms with Gasteiger partial charge in [0.15, 0.2) is 0 Å². The molecule has 2 amide bonds. The zero-order valence-electron chi connectivity index (χ0n) is 11.5. The van der Waals surface area contributed by atoms with Crippen molar-refractivity contribution in [3.8, 4) is 0 Å². The molecule has 1 atom stereocenters. The van der Waals surface area contributed by atoms with E-state index in [2.05, 4.69) is 5.32 Å². The fourth-order valence-electron chi connectivity index (χ4n) is 3.17. The Hall–Kier alpha value is -1.36. The molecule has 5 heteroatoms. The lowest BCUT2D eigenvalue weighted by Crippen LogP contribution is -2.39. The highest BCUT2D eigenvalue weighted by molar-refractivity contribution is 7.12. The molecule has 1 aromatic heterocycles. The van der Waals surface area contributed by atoms with Gasteiger partial charge in [-0.15, -0.1) is 11.3 Å². The lowest BCUT2D eigenvalue weighted by atomic mass is 10.1. The molecule has 108 valence electrons. The highest BCUT2D eigenvalue weighted by Crippen LogP contribution is 2.27. The van der Waals surface area contributed by atoms with Crippen molar-refractivity contribution in [2.75, 3.05) is 13.1 Å². The summed E-state index contributed by atoms with van der Waals surface area (Å²) in [4.78, 5) is 27.0. The third-order valence-electron chi connectivity index (χ3n) is 4.28. The van der Waals surface area contributed by atoms with Crippen LogP contribution in [0.25, 0.3) is 0 Å². The van der Waals surface area contributed by atoms with E-state index in [0.29, 0.717) is 12.5 Å². The molecule has 0 radical (unpaired) electrons. The number of carbonyl (C=O) groups is 2. The molecule has 3 rings (SSSR count). The topological polar surface area (TPSA) is 49.4 Å². The summed E-state index contributed by atoms with van der Waals surface area (Å²) in [6.07, 6.45) is 5.32. The Labute approximate surface area is 123 Å². The quantitative estimate of drug-likeness (QED) is 0.929. The van der Waals surface area contributed by atoms with E-state index in [9.17, 15) is 9.59 Å². The van der Waals surface area contributed by atoms with Crippen LogP contribution in [0.15, 0.2) is 17.5 Å². The van der Waals surface area contributed by atoms with Gasteiger partial charge >= 0.3 is 0 Å². The van der Waals surface area contributed by atoms with Crippen LogP contribution in [0.1, 0.15) is 41.8 Å². The summed E-state index contributed by atoms with van der Waals surface area (Å²) in [5, 5.41) is 4.94. The van der Waals surface area contributed by atoms with Crippen LogP contribution in [0.4, 0.5) is 0 Å². The van der Waals surface area contributed by atoms with Crippen LogP contribution in [0.2, 0.25) is 0 Å². The summed E-state index contributed by atoms with van der Waals surface area (Å²) in [6, 6.07) is 3.82. The minimum absolute atomic E-state index is 0.0137. The highest BCUT2D eigenvalue weighted by Gasteiger charge is 2.32. The van der Waals surface area contributed by atoms with Crippen LogP contribution in [0.3, 0.4) is 0 Å². The second kappa shape index (κ2) is 5.95. The van der Waals surface area contributed by atoms with E-state index in [1.807, 2.05) is 22.4 Å². The van der Waals surface area contributed by atoms with Gasteiger partial charge in [-0.25, -0.2) is 0 Å². The molecule has 1 aliphatic heterocycles. The van der Waals surface area contributed by atoms with Crippen LogP contribution in [0.5, 0.6) is 0 Å². The fourth-order valence-corrected chi connectivity index (χ4v) is 3.80. The normalized spacial score (nSPS) is 23.2. The Morgan fingerprint density at radius 2 is 2.05 bits per heavy atom. The maximum Gasteiger partial charge on any atom is 0.261 e. The number of thiophene rings is 1. The van der Waals surface area contributed by atoms with Gasteiger partial charge in [0.2, 0.25) is 5.91 Å². The molecule has 1 N–H and O–H groups in total. The van der Waals surface area contributed by atoms with Gasteiger partial charge in [0, 0.05) is 25.0 Å². The zero-order valence-corrected chi connectivity index (χ0v) is 12.3. The predicted molar refractivity (Wildman–Crippen MR) is 78.7 cm³/mol. The van der Waals surface area contributed by atoms with Crippen LogP contribution in [0, 0.1) is 5.92 Å². The molecule has 4 nitrogen and oxygen atoms in total. The van der Waals surface area contributed by atoms with Crippen LogP contribution >= 0.6 is 11.3 Å². The Balaban J connectivity index is 1.51. The van der Waals surface area contributed by atoms with Crippen LogP contribution in [-0.4, -0.2) is 35.8 Å². The molecule has 2 fully saturated rings. The molecule has 20 heavy (non-hydrogen) atoms. The first-order valence-corrected chi connectivity index (χ1v) is 8.25. The average Bonchev–Trinajstić information content (AvgIpc) is 3.19. The zero-order chi connectivity index (χ0) is 13.9. The number of nitrogens with zero attached hydrogens (tertiary/aromatic N) is 1. The Morgan fingerprint density at radius 1 is 1.25 bits per heavy atom. The van der Waals surface area contributed by atoms with Crippen molar-refractivity contribution in [1.29, 1.82) is 0 Å². The molecular formula is C15H20N2O2S. The third-order valence-corrected chi connectivity index (χ3v) is 5.15. The van der Waals surface area contributed by atoms with Crippen LogP contribution in [-0.2, 0) is 4.79 Å². The average molecular weight is 292 g/mol. The molecule has 0 aromatic carbocycles. The first-order chi connectivity index (χ1) is 9.74. The molecular weight excluding hydrogens is 272 g/mol. The molecule has 2 heterocycles. The molecule has 1 aromatic rings. The highest BCUT2D eigenvalue weighted by atomic mass is 32.1. The number of rotatable bonds is 3. The number of carbonyl (C=O) groups excluding carboxylic acids is 2. The van der Waals surface area contributed by atoms with Gasteiger partial charge in [0.25, 0.3) is 5.91 Å². The van der Waals surface area contributed by atoms with Gasteiger partial charge in [0.1, 0.15) is 0 Å². The van der Waals surface area contributed by atoms with Crippen molar-refractivity contribution in [2.45, 2.75) is 38.1 Å². The SMILES string of the molecule is O=C(NC1CCN(C(=O)C2CCCC2)C1)c1cccs1. The minimum Gasteiger partial charge on any atom is -0.347 e. The third kappa shape index (κ3) is 2.87. The van der Waals surface area contributed by atoms with E-state index in [-0.39, 0.29) is 17.9 Å². The molecule has 1 saturated heterocycles. The number of nitrogens with one attached hydrogen (secondary N) is 1. The Morgan fingerprint density at radius 3 is 2.75 bits per heavy atom. The standard InChI is InChI=1S/C15H20N2O2S/c18-14(13-6-3-9-20-13)16-12-7-8-17(10-12)15(19)11-4-1-2-5-11/h3,6,9,11-12H,1-2,4-5,7-8,10H2,(H,16,18). The van der Waals surface area contributed by atoms with Gasteiger partial charge in [-0.3, -0.25) is 9.59 Å². The van der Waals surface area contributed by atoms with E-state index in [1.165, 1.54) is 24.2 Å². The number of likely N-dealkylation sites (tertiary alicyclic amines) is 1. The molecule has 1 aliphatic carbocycles. The van der Waals surface area contributed by atoms with Gasteiger partial charge in [-0.05, 0) is 30.7 Å². The maximum atomic E-state index is 12.3. The second-order valence-corrected chi connectivity index (χ2v) is 6.65. The van der Waals surface area contributed by atoms with Gasteiger partial charge in [-0.1, -0.05) is 18.9 Å². The summed E-state index contributed by atoms with van der Waals surface area (Å²) < 4.78 is 0. The van der Waals surface area contributed by atoms with Crippen molar-refractivity contribution in [3.05, 3.63) is 22.4 Å². The van der Waals surface area contributed by atoms with Crippen molar-refractivity contribution in [3.63, 3.8) is 0 Å². The van der Waals surface area contributed by atoms with E-state index in [4.69, 9.17) is 0 Å². The second-order valence-electron chi connectivity index (χ2n) is 5.70. The molecule has 1 saturated carbocycles. The maximum absolute atomic E-state index is 12.3. The Kier molecular flexibility index (Phi) is 4.05. The minimum atomic E-state index is -0.0137. The van der Waals surface area contributed by atoms with Gasteiger partial charge < -0.3 is 10.2 Å². The van der Waals surface area contributed by atoms with E-state index in [0.717, 1.165) is 30.7 Å². The van der Waals surface area contributed by atoms with Gasteiger partial charge in [-0.2, -0.15) is 0 Å². The lowest BCUT2D eigenvalue weighted by molar-refractivity contribution is -0.134. The summed E-state index contributed by atoms with van der Waals surface area (Å²) in [6.45, 7) is 1.46. The van der Waals surface area contributed by atoms with Crippen molar-refractivity contribution >= 4 is 23.2 Å². The number of hydrogen-bond donors (Lipinski definition) is 1. The summed E-state index contributed by atoms with van der Waals surface area (Å²) >= 11 is 1.45.